The molecule has 1 aliphatic rings. The number of carbonyl (C=O) groups is 1. The van der Waals surface area contributed by atoms with Gasteiger partial charge in [0.15, 0.2) is 0 Å². The van der Waals surface area contributed by atoms with Crippen molar-refractivity contribution in [1.82, 2.24) is 20.0 Å². The lowest BCUT2D eigenvalue weighted by Crippen LogP contribution is -2.37. The number of hydrogen-bond donors (Lipinski definition) is 1. The highest BCUT2D eigenvalue weighted by molar-refractivity contribution is 5.76. The van der Waals surface area contributed by atoms with Gasteiger partial charge in [0.1, 0.15) is 5.75 Å². The van der Waals surface area contributed by atoms with Gasteiger partial charge in [-0.1, -0.05) is 30.3 Å². The Morgan fingerprint density at radius 2 is 2.00 bits per heavy atom. The molecule has 3 aromatic rings. The third-order valence-electron chi connectivity index (χ3n) is 5.37. The molecular weight excluding hydrogens is 364 g/mol. The second kappa shape index (κ2) is 8.49. The van der Waals surface area contributed by atoms with Crippen LogP contribution in [0.3, 0.4) is 0 Å². The summed E-state index contributed by atoms with van der Waals surface area (Å²) >= 11 is 0. The maximum atomic E-state index is 11.8. The van der Waals surface area contributed by atoms with Gasteiger partial charge in [-0.25, -0.2) is 4.68 Å². The molecule has 2 heterocycles. The monoisotopic (exact) mass is 390 g/mol. The van der Waals surface area contributed by atoms with Crippen LogP contribution in [0.15, 0.2) is 60.8 Å². The van der Waals surface area contributed by atoms with Gasteiger partial charge in [0.2, 0.25) is 5.91 Å². The lowest BCUT2D eigenvalue weighted by Gasteiger charge is -2.26. The molecule has 1 atom stereocenters. The summed E-state index contributed by atoms with van der Waals surface area (Å²) in [7, 11) is 1.67. The van der Waals surface area contributed by atoms with Crippen LogP contribution in [0.5, 0.6) is 5.75 Å². The molecule has 2 aromatic carbocycles. The first-order chi connectivity index (χ1) is 14.1. The normalized spacial score (nSPS) is 17.6. The summed E-state index contributed by atoms with van der Waals surface area (Å²) < 4.78 is 7.34. The number of amides is 1. The second-order valence-electron chi connectivity index (χ2n) is 7.39. The van der Waals surface area contributed by atoms with E-state index in [2.05, 4.69) is 29.4 Å². The molecule has 6 nitrogen and oxygen atoms in total. The number of ether oxygens (including phenoxy) is 1. The number of benzene rings is 2. The first kappa shape index (κ1) is 19.2. The molecular formula is C23H26N4O2. The first-order valence-corrected chi connectivity index (χ1v) is 9.93. The molecule has 0 saturated carbocycles. The number of rotatable bonds is 5. The van der Waals surface area contributed by atoms with Gasteiger partial charge < -0.3 is 10.1 Å². The maximum Gasteiger partial charge on any atom is 0.221 e. The van der Waals surface area contributed by atoms with Crippen LogP contribution in [0.1, 0.15) is 18.9 Å². The molecule has 6 heteroatoms. The van der Waals surface area contributed by atoms with Gasteiger partial charge >= 0.3 is 0 Å². The van der Waals surface area contributed by atoms with Crippen LogP contribution in [0.4, 0.5) is 0 Å². The average molecular weight is 390 g/mol. The molecule has 0 aliphatic carbocycles. The lowest BCUT2D eigenvalue weighted by atomic mass is 10.1. The fourth-order valence-corrected chi connectivity index (χ4v) is 3.65. The van der Waals surface area contributed by atoms with Crippen molar-refractivity contribution in [2.45, 2.75) is 25.9 Å². The number of nitrogens with zero attached hydrogens (tertiary/aromatic N) is 3. The Morgan fingerprint density at radius 1 is 1.17 bits per heavy atom. The van der Waals surface area contributed by atoms with Crippen LogP contribution in [-0.2, 0) is 11.3 Å². The predicted octanol–water partition coefficient (Wildman–Crippen LogP) is 3.26. The van der Waals surface area contributed by atoms with E-state index < -0.39 is 0 Å². The Kier molecular flexibility index (Phi) is 5.62. The topological polar surface area (TPSA) is 59.4 Å². The van der Waals surface area contributed by atoms with Crippen LogP contribution < -0.4 is 10.1 Å². The van der Waals surface area contributed by atoms with Gasteiger partial charge in [-0.05, 0) is 31.2 Å². The first-order valence-electron chi connectivity index (χ1n) is 9.93. The highest BCUT2D eigenvalue weighted by Gasteiger charge is 2.23. The standard InChI is InChI=1S/C23H26N4O2/c1-17-14-24-22(28)11-12-26(17)15-19-16-27(20-8-4-3-5-9-20)25-23(19)18-7-6-10-21(13-18)29-2/h3-10,13,16-17H,11-12,14-15H2,1-2H3,(H,24,28)/t17-/m1/s1. The maximum absolute atomic E-state index is 11.8. The van der Waals surface area contributed by atoms with Crippen molar-refractivity contribution in [3.63, 3.8) is 0 Å². The molecule has 1 fully saturated rings. The predicted molar refractivity (Wildman–Crippen MR) is 113 cm³/mol. The fourth-order valence-electron chi connectivity index (χ4n) is 3.65. The van der Waals surface area contributed by atoms with Crippen LogP contribution in [0, 0.1) is 0 Å². The summed E-state index contributed by atoms with van der Waals surface area (Å²) in [4.78, 5) is 14.1. The quantitative estimate of drug-likeness (QED) is 0.727. The van der Waals surface area contributed by atoms with E-state index in [4.69, 9.17) is 9.84 Å². The molecule has 1 amide bonds. The molecule has 150 valence electrons. The van der Waals surface area contributed by atoms with E-state index >= 15 is 0 Å². The Morgan fingerprint density at radius 3 is 2.79 bits per heavy atom. The minimum Gasteiger partial charge on any atom is -0.497 e. The molecule has 0 spiro atoms. The highest BCUT2D eigenvalue weighted by atomic mass is 16.5. The Bertz CT molecular complexity index is 984. The zero-order valence-electron chi connectivity index (χ0n) is 16.8. The van der Waals surface area contributed by atoms with Crippen molar-refractivity contribution < 1.29 is 9.53 Å². The number of nitrogens with one attached hydrogen (secondary N) is 1. The van der Waals surface area contributed by atoms with Gasteiger partial charge in [-0.2, -0.15) is 5.10 Å². The molecule has 0 bridgehead atoms. The van der Waals surface area contributed by atoms with Crippen LogP contribution in [-0.4, -0.2) is 46.8 Å². The van der Waals surface area contributed by atoms with E-state index in [1.165, 1.54) is 0 Å². The third kappa shape index (κ3) is 4.32. The molecule has 0 unspecified atom stereocenters. The minimum absolute atomic E-state index is 0.118. The zero-order valence-corrected chi connectivity index (χ0v) is 16.8. The van der Waals surface area contributed by atoms with Crippen molar-refractivity contribution in [1.29, 1.82) is 0 Å². The summed E-state index contributed by atoms with van der Waals surface area (Å²) in [5, 5.41) is 7.89. The largest absolute Gasteiger partial charge is 0.497 e. The van der Waals surface area contributed by atoms with Crippen LogP contribution >= 0.6 is 0 Å². The minimum atomic E-state index is 0.118. The Labute approximate surface area is 171 Å². The Balaban J connectivity index is 1.72. The van der Waals surface area contributed by atoms with Crippen molar-refractivity contribution in [2.24, 2.45) is 0 Å². The molecule has 1 N–H and O–H groups in total. The molecule has 1 aromatic heterocycles. The van der Waals surface area contributed by atoms with Gasteiger partial charge in [-0.15, -0.1) is 0 Å². The van der Waals surface area contributed by atoms with Gasteiger partial charge in [0.05, 0.1) is 18.5 Å². The molecule has 29 heavy (non-hydrogen) atoms. The van der Waals surface area contributed by atoms with Gasteiger partial charge in [0.25, 0.3) is 0 Å². The zero-order chi connectivity index (χ0) is 20.2. The smallest absolute Gasteiger partial charge is 0.221 e. The Hall–Kier alpha value is -3.12. The second-order valence-corrected chi connectivity index (χ2v) is 7.39. The van der Waals surface area contributed by atoms with Crippen LogP contribution in [0.2, 0.25) is 0 Å². The van der Waals surface area contributed by atoms with Crippen molar-refractivity contribution in [3.05, 3.63) is 66.4 Å². The summed E-state index contributed by atoms with van der Waals surface area (Å²) in [6.45, 7) is 4.29. The average Bonchev–Trinajstić information content (AvgIpc) is 3.12. The molecule has 1 aliphatic heterocycles. The van der Waals surface area contributed by atoms with Gasteiger partial charge in [-0.3, -0.25) is 9.69 Å². The van der Waals surface area contributed by atoms with E-state index in [1.54, 1.807) is 7.11 Å². The molecule has 4 rings (SSSR count). The number of methoxy groups -OCH3 is 1. The number of para-hydroxylation sites is 1. The van der Waals surface area contributed by atoms with E-state index in [9.17, 15) is 4.79 Å². The van der Waals surface area contributed by atoms with Gasteiger partial charge in [0, 0.05) is 49.4 Å². The van der Waals surface area contributed by atoms with Crippen molar-refractivity contribution in [2.75, 3.05) is 20.2 Å². The van der Waals surface area contributed by atoms with E-state index in [0.29, 0.717) is 13.0 Å². The van der Waals surface area contributed by atoms with E-state index in [1.807, 2.05) is 53.2 Å². The number of carbonyl (C=O) groups excluding carboxylic acids is 1. The summed E-state index contributed by atoms with van der Waals surface area (Å²) in [5.41, 5.74) is 4.10. The van der Waals surface area contributed by atoms with E-state index in [0.717, 1.165) is 41.3 Å². The summed E-state index contributed by atoms with van der Waals surface area (Å²) in [6.07, 6.45) is 2.61. The summed E-state index contributed by atoms with van der Waals surface area (Å²) in [5.74, 6) is 0.924. The van der Waals surface area contributed by atoms with E-state index in [-0.39, 0.29) is 11.9 Å². The highest BCUT2D eigenvalue weighted by Crippen LogP contribution is 2.28. The SMILES string of the molecule is COc1cccc(-c2nn(-c3ccccc3)cc2CN2CCC(=O)NC[C@H]2C)c1. The molecule has 1 saturated heterocycles. The lowest BCUT2D eigenvalue weighted by molar-refractivity contribution is -0.120. The third-order valence-corrected chi connectivity index (χ3v) is 5.37. The van der Waals surface area contributed by atoms with Crippen molar-refractivity contribution in [3.8, 4) is 22.7 Å². The summed E-state index contributed by atoms with van der Waals surface area (Å²) in [6, 6.07) is 18.4. The number of aromatic nitrogens is 2. The fraction of sp³-hybridized carbons (Fsp3) is 0.304. The van der Waals surface area contributed by atoms with Crippen molar-refractivity contribution >= 4 is 5.91 Å². The van der Waals surface area contributed by atoms with Crippen LogP contribution in [0.25, 0.3) is 16.9 Å². The molecule has 0 radical (unpaired) electrons. The number of hydrogen-bond acceptors (Lipinski definition) is 4.